The van der Waals surface area contributed by atoms with Crippen molar-refractivity contribution >= 4 is 11.9 Å². The highest BCUT2D eigenvalue weighted by atomic mass is 16.5. The summed E-state index contributed by atoms with van der Waals surface area (Å²) < 4.78 is 7.66. The molecule has 1 aliphatic rings. The first-order valence-corrected chi connectivity index (χ1v) is 8.68. The Morgan fingerprint density at radius 2 is 1.88 bits per heavy atom. The zero-order valence-corrected chi connectivity index (χ0v) is 15.0. The smallest absolute Gasteiger partial charge is 0.348 e. The topological polar surface area (TPSA) is 84.7 Å². The molecule has 0 spiro atoms. The van der Waals surface area contributed by atoms with Gasteiger partial charge in [0.15, 0.2) is 0 Å². The van der Waals surface area contributed by atoms with Gasteiger partial charge >= 0.3 is 5.97 Å². The fourth-order valence-electron chi connectivity index (χ4n) is 3.19. The number of aliphatic carboxylic acids is 1. The Kier molecular flexibility index (Phi) is 4.97. The average Bonchev–Trinajstić information content (AvgIpc) is 3.17. The van der Waals surface area contributed by atoms with Crippen LogP contribution in [0.3, 0.4) is 0 Å². The van der Waals surface area contributed by atoms with Gasteiger partial charge in [-0.15, -0.1) is 0 Å². The number of carbonyl (C=O) groups excluding carboxylic acids is 1. The van der Waals surface area contributed by atoms with E-state index in [9.17, 15) is 14.7 Å². The van der Waals surface area contributed by atoms with Crippen LogP contribution in [0.1, 0.15) is 31.5 Å². The zero-order chi connectivity index (χ0) is 18.7. The number of hydrogen-bond donors (Lipinski definition) is 1. The molecule has 2 aromatic rings. The van der Waals surface area contributed by atoms with E-state index in [1.807, 2.05) is 42.9 Å². The van der Waals surface area contributed by atoms with Gasteiger partial charge in [-0.1, -0.05) is 0 Å². The Labute approximate surface area is 152 Å². The number of likely N-dealkylation sites (tertiary alicyclic amines) is 1. The lowest BCUT2D eigenvalue weighted by Gasteiger charge is -2.39. The molecule has 1 atom stereocenters. The van der Waals surface area contributed by atoms with E-state index in [1.165, 1.54) is 6.20 Å². The van der Waals surface area contributed by atoms with Crippen molar-refractivity contribution in [2.45, 2.75) is 38.3 Å². The molecule has 0 radical (unpaired) electrons. The number of carboxylic acids is 1. The highest BCUT2D eigenvalue weighted by molar-refractivity contribution is 5.82. The molecule has 0 aromatic carbocycles. The molecular formula is C19H23N3O4. The lowest BCUT2D eigenvalue weighted by atomic mass is 9.90. The Bertz CT molecular complexity index is 763. The van der Waals surface area contributed by atoms with E-state index in [4.69, 9.17) is 4.74 Å². The lowest BCUT2D eigenvalue weighted by molar-refractivity contribution is -0.162. The number of amides is 1. The van der Waals surface area contributed by atoms with E-state index >= 15 is 0 Å². The van der Waals surface area contributed by atoms with Crippen LogP contribution in [-0.4, -0.2) is 50.1 Å². The van der Waals surface area contributed by atoms with Gasteiger partial charge in [0.1, 0.15) is 11.8 Å². The molecule has 1 amide bonds. The predicted molar refractivity (Wildman–Crippen MR) is 94.9 cm³/mol. The van der Waals surface area contributed by atoms with Crippen LogP contribution in [0, 0.1) is 6.92 Å². The van der Waals surface area contributed by atoms with Gasteiger partial charge in [0.2, 0.25) is 11.5 Å². The van der Waals surface area contributed by atoms with Crippen molar-refractivity contribution in [1.82, 2.24) is 14.5 Å². The van der Waals surface area contributed by atoms with Gasteiger partial charge in [-0.2, -0.15) is 0 Å². The number of carboxylic acid groups (broad SMARTS) is 1. The monoisotopic (exact) mass is 357 g/mol. The highest BCUT2D eigenvalue weighted by Crippen LogP contribution is 2.30. The van der Waals surface area contributed by atoms with Crippen molar-refractivity contribution in [3.05, 3.63) is 48.5 Å². The van der Waals surface area contributed by atoms with Gasteiger partial charge in [-0.3, -0.25) is 9.78 Å². The molecule has 0 unspecified atom stereocenters. The molecule has 1 fully saturated rings. The number of piperidine rings is 1. The largest absolute Gasteiger partial charge is 0.478 e. The number of ether oxygens (including phenoxy) is 1. The standard InChI is InChI=1S/C19H23N3O4/c1-14-5-6-16(13-20-14)26-19(18(24)25)7-11-22(12-8-19)17(23)15(2)21-9-3-4-10-21/h3-6,9-10,13,15H,7-8,11-12H2,1-2H3,(H,24,25)/t15-/m0/s1. The molecule has 0 bridgehead atoms. The molecule has 0 saturated carbocycles. The third-order valence-corrected chi connectivity index (χ3v) is 4.90. The van der Waals surface area contributed by atoms with Gasteiger partial charge in [0.25, 0.3) is 0 Å². The molecule has 1 aliphatic heterocycles. The Morgan fingerprint density at radius 3 is 2.42 bits per heavy atom. The SMILES string of the molecule is Cc1ccc(OC2(C(=O)O)CCN(C(=O)[C@H](C)n3cccc3)CC2)cn1. The summed E-state index contributed by atoms with van der Waals surface area (Å²) in [5, 5.41) is 9.74. The normalized spacial score (nSPS) is 17.5. The second-order valence-corrected chi connectivity index (χ2v) is 6.67. The minimum Gasteiger partial charge on any atom is -0.478 e. The summed E-state index contributed by atoms with van der Waals surface area (Å²) in [5.41, 5.74) is -0.495. The predicted octanol–water partition coefficient (Wildman–Crippen LogP) is 2.28. The van der Waals surface area contributed by atoms with Crippen LogP contribution in [0.15, 0.2) is 42.9 Å². The maximum absolute atomic E-state index is 12.7. The van der Waals surface area contributed by atoms with Crippen LogP contribution in [0.5, 0.6) is 5.75 Å². The number of carbonyl (C=O) groups is 2. The number of aromatic nitrogens is 2. The molecule has 0 aliphatic carbocycles. The lowest BCUT2D eigenvalue weighted by Crippen LogP contribution is -2.55. The number of hydrogen-bond acceptors (Lipinski definition) is 4. The van der Waals surface area contributed by atoms with Crippen LogP contribution in [0.2, 0.25) is 0 Å². The van der Waals surface area contributed by atoms with E-state index in [0.717, 1.165) is 5.69 Å². The molecule has 2 aromatic heterocycles. The van der Waals surface area contributed by atoms with E-state index in [1.54, 1.807) is 17.0 Å². The van der Waals surface area contributed by atoms with Crippen molar-refractivity contribution in [3.63, 3.8) is 0 Å². The van der Waals surface area contributed by atoms with Crippen LogP contribution in [-0.2, 0) is 9.59 Å². The van der Waals surface area contributed by atoms with Crippen LogP contribution >= 0.6 is 0 Å². The summed E-state index contributed by atoms with van der Waals surface area (Å²) in [4.78, 5) is 30.4. The van der Waals surface area contributed by atoms with Gasteiger partial charge in [0, 0.05) is 44.0 Å². The fraction of sp³-hybridized carbons (Fsp3) is 0.421. The maximum atomic E-state index is 12.7. The minimum absolute atomic E-state index is 0.0165. The van der Waals surface area contributed by atoms with Crippen molar-refractivity contribution in [3.8, 4) is 5.75 Å². The van der Waals surface area contributed by atoms with E-state index in [2.05, 4.69) is 4.98 Å². The average molecular weight is 357 g/mol. The molecule has 1 N–H and O–H groups in total. The van der Waals surface area contributed by atoms with Gasteiger partial charge in [0.05, 0.1) is 6.20 Å². The molecule has 138 valence electrons. The summed E-state index contributed by atoms with van der Waals surface area (Å²) in [6.07, 6.45) is 5.70. The highest BCUT2D eigenvalue weighted by Gasteiger charge is 2.45. The second-order valence-electron chi connectivity index (χ2n) is 6.67. The molecular weight excluding hydrogens is 334 g/mol. The number of nitrogens with zero attached hydrogens (tertiary/aromatic N) is 3. The quantitative estimate of drug-likeness (QED) is 0.887. The summed E-state index contributed by atoms with van der Waals surface area (Å²) in [6, 6.07) is 6.93. The van der Waals surface area contributed by atoms with Crippen molar-refractivity contribution in [2.24, 2.45) is 0 Å². The number of rotatable bonds is 5. The molecule has 3 heterocycles. The zero-order valence-electron chi connectivity index (χ0n) is 15.0. The van der Waals surface area contributed by atoms with Crippen LogP contribution in [0.4, 0.5) is 0 Å². The van der Waals surface area contributed by atoms with Crippen molar-refractivity contribution in [1.29, 1.82) is 0 Å². The Morgan fingerprint density at radius 1 is 1.23 bits per heavy atom. The van der Waals surface area contributed by atoms with Gasteiger partial charge in [-0.25, -0.2) is 4.79 Å². The first-order chi connectivity index (χ1) is 12.4. The summed E-state index contributed by atoms with van der Waals surface area (Å²) in [6.45, 7) is 4.38. The number of aryl methyl sites for hydroxylation is 1. The maximum Gasteiger partial charge on any atom is 0.348 e. The van der Waals surface area contributed by atoms with Gasteiger partial charge < -0.3 is 19.3 Å². The summed E-state index contributed by atoms with van der Waals surface area (Å²) in [7, 11) is 0. The molecule has 26 heavy (non-hydrogen) atoms. The first-order valence-electron chi connectivity index (χ1n) is 8.68. The Hall–Kier alpha value is -2.83. The second kappa shape index (κ2) is 7.19. The molecule has 3 rings (SSSR count). The van der Waals surface area contributed by atoms with Gasteiger partial charge in [-0.05, 0) is 38.1 Å². The van der Waals surface area contributed by atoms with E-state index in [0.29, 0.717) is 18.8 Å². The van der Waals surface area contributed by atoms with Crippen molar-refractivity contribution < 1.29 is 19.4 Å². The first kappa shape index (κ1) is 18.0. The fourth-order valence-corrected chi connectivity index (χ4v) is 3.19. The molecule has 7 heteroatoms. The van der Waals surface area contributed by atoms with Crippen LogP contribution in [0.25, 0.3) is 0 Å². The van der Waals surface area contributed by atoms with Crippen LogP contribution < -0.4 is 4.74 Å². The third-order valence-electron chi connectivity index (χ3n) is 4.90. The number of pyridine rings is 1. The van der Waals surface area contributed by atoms with E-state index in [-0.39, 0.29) is 24.8 Å². The third kappa shape index (κ3) is 3.56. The summed E-state index contributed by atoms with van der Waals surface area (Å²) in [5.74, 6) is -0.598. The Balaban J connectivity index is 1.68. The molecule has 7 nitrogen and oxygen atoms in total. The minimum atomic E-state index is -1.33. The molecule has 1 saturated heterocycles. The van der Waals surface area contributed by atoms with Crippen molar-refractivity contribution in [2.75, 3.05) is 13.1 Å². The summed E-state index contributed by atoms with van der Waals surface area (Å²) >= 11 is 0. The van der Waals surface area contributed by atoms with E-state index < -0.39 is 11.6 Å².